The monoisotopic (exact) mass is 648 g/mol. The SMILES string of the molecule is C[C@H]1O[C@H](CC(=O)O)Cc2c(O)c3c(c(O)c21)C(=O)C(CC1=CC(=O)c2c(O)c4c(c(O)c2C1=O)[C@@H](C)O[C@H](CC(=O)O)C4)=CC3=O. The van der Waals surface area contributed by atoms with Crippen molar-refractivity contribution in [3.63, 3.8) is 0 Å². The zero-order chi connectivity index (χ0) is 34.2. The lowest BCUT2D eigenvalue weighted by Crippen LogP contribution is -2.30. The van der Waals surface area contributed by atoms with Crippen LogP contribution in [0.3, 0.4) is 0 Å². The number of carboxylic acid groups (broad SMARTS) is 2. The molecule has 0 spiro atoms. The van der Waals surface area contributed by atoms with Gasteiger partial charge in [-0.05, 0) is 26.0 Å². The summed E-state index contributed by atoms with van der Waals surface area (Å²) in [7, 11) is 0. The predicted molar refractivity (Wildman–Crippen MR) is 156 cm³/mol. The fraction of sp³-hybridized carbons (Fsp3) is 0.333. The second kappa shape index (κ2) is 11.2. The molecular formula is C33H28O14. The molecule has 2 aliphatic carbocycles. The quantitative estimate of drug-likeness (QED) is 0.247. The predicted octanol–water partition coefficient (Wildman–Crippen LogP) is 3.16. The molecule has 2 heterocycles. The van der Waals surface area contributed by atoms with Gasteiger partial charge in [0.1, 0.15) is 23.0 Å². The van der Waals surface area contributed by atoms with Gasteiger partial charge in [-0.25, -0.2) is 0 Å². The molecule has 0 radical (unpaired) electrons. The highest BCUT2D eigenvalue weighted by molar-refractivity contribution is 6.30. The summed E-state index contributed by atoms with van der Waals surface area (Å²) in [5, 5.41) is 62.9. The van der Waals surface area contributed by atoms with Crippen LogP contribution in [0.15, 0.2) is 23.3 Å². The molecule has 244 valence electrons. The number of Topliss-reactive ketones (excluding diaryl/α,β-unsaturated/α-hetero) is 2. The van der Waals surface area contributed by atoms with Crippen LogP contribution in [0.5, 0.6) is 23.0 Å². The third kappa shape index (κ3) is 4.96. The first kappa shape index (κ1) is 31.6. The number of aromatic hydroxyl groups is 4. The molecule has 2 aromatic carbocycles. The minimum absolute atomic E-state index is 0.00876. The Kier molecular flexibility index (Phi) is 7.52. The number of ketones is 4. The van der Waals surface area contributed by atoms with Gasteiger partial charge in [0.15, 0.2) is 23.1 Å². The third-order valence-corrected chi connectivity index (χ3v) is 8.98. The van der Waals surface area contributed by atoms with Gasteiger partial charge in [-0.2, -0.15) is 0 Å². The number of hydrogen-bond acceptors (Lipinski definition) is 12. The van der Waals surface area contributed by atoms with Crippen molar-refractivity contribution in [1.82, 2.24) is 0 Å². The van der Waals surface area contributed by atoms with E-state index < -0.39 is 124 Å². The van der Waals surface area contributed by atoms with Gasteiger partial charge in [0.2, 0.25) is 0 Å². The molecule has 14 heteroatoms. The van der Waals surface area contributed by atoms with Crippen molar-refractivity contribution in [2.24, 2.45) is 0 Å². The lowest BCUT2D eigenvalue weighted by molar-refractivity contribution is -0.143. The van der Waals surface area contributed by atoms with Gasteiger partial charge in [0, 0.05) is 52.7 Å². The smallest absolute Gasteiger partial charge is 0.305 e. The standard InChI is InChI=1S/C33H28O14/c1-10-22-16(6-14(46-10)8-20(36)37)30(42)24-18(34)4-12(28(40)26(24)32(22)44)3-13-5-19(35)25-27(29(13)41)33(45)23-11(2)47-15(9-21(38)39)7-17(23)31(25)43/h4-5,10-11,14-15,42-45H,3,6-9H2,1-2H3,(H,36,37)(H,38,39)/t10-,11-,14+,15+/m1/s1. The normalized spacial score (nSPS) is 23.3. The third-order valence-electron chi connectivity index (χ3n) is 8.98. The number of benzene rings is 2. The Hall–Kier alpha value is -5.34. The lowest BCUT2D eigenvalue weighted by atomic mass is 9.77. The van der Waals surface area contributed by atoms with Gasteiger partial charge < -0.3 is 40.1 Å². The van der Waals surface area contributed by atoms with Crippen molar-refractivity contribution >= 4 is 35.1 Å². The molecule has 2 aromatic rings. The summed E-state index contributed by atoms with van der Waals surface area (Å²) in [5.74, 6) is -8.42. The van der Waals surface area contributed by atoms with Crippen LogP contribution in [0.1, 0.15) is 109 Å². The maximum absolute atomic E-state index is 13.7. The van der Waals surface area contributed by atoms with Crippen molar-refractivity contribution in [2.75, 3.05) is 0 Å². The summed E-state index contributed by atoms with van der Waals surface area (Å²) in [6.45, 7) is 2.97. The number of allylic oxidation sites excluding steroid dienone is 4. The van der Waals surface area contributed by atoms with E-state index >= 15 is 0 Å². The summed E-state index contributed by atoms with van der Waals surface area (Å²) in [4.78, 5) is 76.5. The van der Waals surface area contributed by atoms with E-state index in [-0.39, 0.29) is 46.2 Å². The Labute approximate surface area is 265 Å². The van der Waals surface area contributed by atoms with Crippen LogP contribution in [-0.4, -0.2) is 77.9 Å². The molecule has 47 heavy (non-hydrogen) atoms. The highest BCUT2D eigenvalue weighted by Crippen LogP contribution is 2.50. The topological polar surface area (TPSA) is 242 Å². The average Bonchev–Trinajstić information content (AvgIpc) is 2.96. The highest BCUT2D eigenvalue weighted by Gasteiger charge is 2.43. The summed E-state index contributed by atoms with van der Waals surface area (Å²) < 4.78 is 11.4. The highest BCUT2D eigenvalue weighted by atomic mass is 16.5. The number of phenols is 4. The van der Waals surface area contributed by atoms with E-state index in [4.69, 9.17) is 9.47 Å². The number of fused-ring (bicyclic) bond motifs is 4. The second-order valence-corrected chi connectivity index (χ2v) is 12.0. The number of hydrogen-bond donors (Lipinski definition) is 6. The molecule has 0 aromatic heterocycles. The van der Waals surface area contributed by atoms with E-state index in [1.54, 1.807) is 0 Å². The number of carbonyl (C=O) groups is 6. The molecule has 0 saturated heterocycles. The van der Waals surface area contributed by atoms with E-state index in [0.29, 0.717) is 0 Å². The second-order valence-electron chi connectivity index (χ2n) is 12.0. The van der Waals surface area contributed by atoms with E-state index in [1.807, 2.05) is 0 Å². The van der Waals surface area contributed by atoms with Crippen LogP contribution in [0.2, 0.25) is 0 Å². The molecule has 0 bridgehead atoms. The van der Waals surface area contributed by atoms with Gasteiger partial charge in [-0.3, -0.25) is 28.8 Å². The van der Waals surface area contributed by atoms with Crippen molar-refractivity contribution < 1.29 is 68.9 Å². The average molecular weight is 649 g/mol. The molecule has 4 aliphatic rings. The van der Waals surface area contributed by atoms with E-state index in [0.717, 1.165) is 12.2 Å². The Morgan fingerprint density at radius 2 is 1.00 bits per heavy atom. The molecule has 4 atom stereocenters. The molecule has 6 rings (SSSR count). The van der Waals surface area contributed by atoms with Gasteiger partial charge in [0.05, 0.1) is 59.5 Å². The van der Waals surface area contributed by atoms with Crippen LogP contribution in [-0.2, 0) is 31.9 Å². The zero-order valence-corrected chi connectivity index (χ0v) is 24.9. The van der Waals surface area contributed by atoms with Crippen molar-refractivity contribution in [3.05, 3.63) is 67.8 Å². The van der Waals surface area contributed by atoms with Crippen LogP contribution in [0.25, 0.3) is 0 Å². The zero-order valence-electron chi connectivity index (χ0n) is 24.9. The van der Waals surface area contributed by atoms with E-state index in [1.165, 1.54) is 13.8 Å². The molecule has 0 fully saturated rings. The Morgan fingerprint density at radius 1 is 0.638 bits per heavy atom. The van der Waals surface area contributed by atoms with Crippen LogP contribution in [0, 0.1) is 0 Å². The fourth-order valence-corrected chi connectivity index (χ4v) is 7.07. The summed E-state index contributed by atoms with van der Waals surface area (Å²) in [5.41, 5.74) is -2.52. The minimum Gasteiger partial charge on any atom is -0.507 e. The van der Waals surface area contributed by atoms with E-state index in [2.05, 4.69) is 0 Å². The van der Waals surface area contributed by atoms with Crippen LogP contribution in [0.4, 0.5) is 0 Å². The molecule has 2 aliphatic heterocycles. The van der Waals surface area contributed by atoms with Gasteiger partial charge in [0.25, 0.3) is 0 Å². The lowest BCUT2D eigenvalue weighted by Gasteiger charge is -2.33. The molecule has 0 saturated carbocycles. The Bertz CT molecular complexity index is 1790. The Morgan fingerprint density at radius 3 is 1.34 bits per heavy atom. The van der Waals surface area contributed by atoms with Crippen LogP contribution >= 0.6 is 0 Å². The van der Waals surface area contributed by atoms with Gasteiger partial charge in [-0.15, -0.1) is 0 Å². The molecule has 14 nitrogen and oxygen atoms in total. The first-order valence-corrected chi connectivity index (χ1v) is 14.7. The Balaban J connectivity index is 1.36. The minimum atomic E-state index is -1.16. The van der Waals surface area contributed by atoms with Crippen molar-refractivity contribution in [2.45, 2.75) is 70.4 Å². The van der Waals surface area contributed by atoms with Crippen molar-refractivity contribution in [3.8, 4) is 23.0 Å². The number of rotatable bonds is 6. The number of carbonyl (C=O) groups excluding carboxylic acids is 4. The number of phenolic OH excluding ortho intramolecular Hbond substituents is 4. The molecule has 0 amide bonds. The number of ether oxygens (including phenoxy) is 2. The summed E-state index contributed by atoms with van der Waals surface area (Å²) >= 11 is 0. The van der Waals surface area contributed by atoms with Crippen LogP contribution < -0.4 is 0 Å². The number of carboxylic acids is 2. The number of aliphatic carboxylic acids is 2. The van der Waals surface area contributed by atoms with Gasteiger partial charge in [-0.1, -0.05) is 0 Å². The first-order chi connectivity index (χ1) is 22.1. The maximum atomic E-state index is 13.7. The van der Waals surface area contributed by atoms with Crippen molar-refractivity contribution in [1.29, 1.82) is 0 Å². The summed E-state index contributed by atoms with van der Waals surface area (Å²) in [6.07, 6.45) is -3.63. The molecule has 0 unspecified atom stereocenters. The summed E-state index contributed by atoms with van der Waals surface area (Å²) in [6, 6.07) is 0. The molecular weight excluding hydrogens is 620 g/mol. The fourth-order valence-electron chi connectivity index (χ4n) is 7.07. The molecule has 6 N–H and O–H groups in total. The van der Waals surface area contributed by atoms with Gasteiger partial charge >= 0.3 is 11.9 Å². The first-order valence-electron chi connectivity index (χ1n) is 14.7. The largest absolute Gasteiger partial charge is 0.507 e. The van der Waals surface area contributed by atoms with E-state index in [9.17, 15) is 59.4 Å². The maximum Gasteiger partial charge on any atom is 0.305 e.